The number of nitrogens with one attached hydrogen (secondary N) is 1. The standard InChI is InChI=1S/C17H17ClN2O2S/c1-17(2,3)13-6-9-16(15(18)10-13)20-23(21,22)14-7-4-12(11-19)5-8-14/h4-10,20H,1-3H3. The van der Waals surface area contributed by atoms with Crippen LogP contribution in [0.5, 0.6) is 0 Å². The fourth-order valence-electron chi connectivity index (χ4n) is 1.98. The first-order valence-electron chi connectivity index (χ1n) is 6.96. The molecule has 4 nitrogen and oxygen atoms in total. The van der Waals surface area contributed by atoms with Gasteiger partial charge < -0.3 is 0 Å². The van der Waals surface area contributed by atoms with Crippen LogP contribution in [0.4, 0.5) is 5.69 Å². The van der Waals surface area contributed by atoms with E-state index in [1.807, 2.05) is 12.1 Å². The van der Waals surface area contributed by atoms with Crippen molar-refractivity contribution in [3.63, 3.8) is 0 Å². The number of nitrogens with zero attached hydrogens (tertiary/aromatic N) is 1. The Kier molecular flexibility index (Phi) is 4.69. The summed E-state index contributed by atoms with van der Waals surface area (Å²) in [6.07, 6.45) is 0. The smallest absolute Gasteiger partial charge is 0.261 e. The average molecular weight is 349 g/mol. The summed E-state index contributed by atoms with van der Waals surface area (Å²) in [5.41, 5.74) is 1.66. The molecule has 0 amide bonds. The molecule has 0 spiro atoms. The molecule has 0 saturated heterocycles. The van der Waals surface area contributed by atoms with Crippen LogP contribution in [0.25, 0.3) is 0 Å². The van der Waals surface area contributed by atoms with Gasteiger partial charge in [-0.05, 0) is 47.4 Å². The van der Waals surface area contributed by atoms with Gasteiger partial charge in [0.2, 0.25) is 0 Å². The van der Waals surface area contributed by atoms with Crippen molar-refractivity contribution in [1.29, 1.82) is 5.26 Å². The third kappa shape index (κ3) is 4.04. The monoisotopic (exact) mass is 348 g/mol. The van der Waals surface area contributed by atoms with Crippen LogP contribution in [0.3, 0.4) is 0 Å². The van der Waals surface area contributed by atoms with Gasteiger partial charge in [0.1, 0.15) is 0 Å². The molecule has 23 heavy (non-hydrogen) atoms. The molecule has 0 atom stereocenters. The average Bonchev–Trinajstić information content (AvgIpc) is 2.48. The normalized spacial score (nSPS) is 11.8. The van der Waals surface area contributed by atoms with E-state index in [0.29, 0.717) is 16.3 Å². The van der Waals surface area contributed by atoms with Crippen LogP contribution in [0.15, 0.2) is 47.4 Å². The van der Waals surface area contributed by atoms with Crippen LogP contribution < -0.4 is 4.72 Å². The van der Waals surface area contributed by atoms with Gasteiger partial charge in [-0.1, -0.05) is 38.4 Å². The molecule has 0 aliphatic carbocycles. The van der Waals surface area contributed by atoms with E-state index >= 15 is 0 Å². The van der Waals surface area contributed by atoms with E-state index in [-0.39, 0.29) is 10.3 Å². The van der Waals surface area contributed by atoms with Gasteiger partial charge in [0.25, 0.3) is 10.0 Å². The summed E-state index contributed by atoms with van der Waals surface area (Å²) in [6, 6.07) is 12.9. The molecule has 0 radical (unpaired) electrons. The van der Waals surface area contributed by atoms with Gasteiger partial charge in [-0.15, -0.1) is 0 Å². The molecule has 0 bridgehead atoms. The topological polar surface area (TPSA) is 70.0 Å². The summed E-state index contributed by atoms with van der Waals surface area (Å²) in [6.45, 7) is 6.16. The largest absolute Gasteiger partial charge is 0.278 e. The van der Waals surface area contributed by atoms with Crippen molar-refractivity contribution in [3.05, 3.63) is 58.6 Å². The molecule has 120 valence electrons. The van der Waals surface area contributed by atoms with E-state index in [1.54, 1.807) is 12.1 Å². The van der Waals surface area contributed by atoms with Crippen molar-refractivity contribution in [1.82, 2.24) is 0 Å². The van der Waals surface area contributed by atoms with Gasteiger partial charge in [0.05, 0.1) is 27.2 Å². The second kappa shape index (κ2) is 6.23. The Morgan fingerprint density at radius 1 is 1.09 bits per heavy atom. The number of benzene rings is 2. The van der Waals surface area contributed by atoms with E-state index in [1.165, 1.54) is 24.3 Å². The van der Waals surface area contributed by atoms with Crippen LogP contribution in [0.1, 0.15) is 31.9 Å². The number of halogens is 1. The minimum Gasteiger partial charge on any atom is -0.278 e. The van der Waals surface area contributed by atoms with Crippen molar-refractivity contribution < 1.29 is 8.42 Å². The second-order valence-corrected chi connectivity index (χ2v) is 8.28. The molecule has 0 aromatic heterocycles. The molecule has 2 aromatic rings. The Bertz CT molecular complexity index is 861. The maximum absolute atomic E-state index is 12.4. The molecular formula is C17H17ClN2O2S. The number of hydrogen-bond acceptors (Lipinski definition) is 3. The zero-order valence-electron chi connectivity index (χ0n) is 13.1. The number of anilines is 1. The highest BCUT2D eigenvalue weighted by molar-refractivity contribution is 7.92. The first-order chi connectivity index (χ1) is 10.6. The lowest BCUT2D eigenvalue weighted by Crippen LogP contribution is -2.14. The van der Waals surface area contributed by atoms with Crippen molar-refractivity contribution in [2.75, 3.05) is 4.72 Å². The van der Waals surface area contributed by atoms with Crippen LogP contribution in [0.2, 0.25) is 5.02 Å². The summed E-state index contributed by atoms with van der Waals surface area (Å²) >= 11 is 6.21. The summed E-state index contributed by atoms with van der Waals surface area (Å²) in [5, 5.41) is 9.10. The third-order valence-electron chi connectivity index (χ3n) is 3.37. The molecule has 0 unspecified atom stereocenters. The summed E-state index contributed by atoms with van der Waals surface area (Å²) in [5.74, 6) is 0. The van der Waals surface area contributed by atoms with Gasteiger partial charge in [-0.3, -0.25) is 4.72 Å². The minimum atomic E-state index is -3.75. The third-order valence-corrected chi connectivity index (χ3v) is 5.07. The molecule has 0 fully saturated rings. The summed E-state index contributed by atoms with van der Waals surface area (Å²) in [7, 11) is -3.75. The Morgan fingerprint density at radius 3 is 2.17 bits per heavy atom. The number of rotatable bonds is 3. The second-order valence-electron chi connectivity index (χ2n) is 6.19. The summed E-state index contributed by atoms with van der Waals surface area (Å²) in [4.78, 5) is 0.0764. The fraction of sp³-hybridized carbons (Fsp3) is 0.235. The molecule has 0 aliphatic rings. The maximum Gasteiger partial charge on any atom is 0.261 e. The van der Waals surface area contributed by atoms with Gasteiger partial charge in [0, 0.05) is 0 Å². The number of nitriles is 1. The van der Waals surface area contributed by atoms with Gasteiger partial charge in [0.15, 0.2) is 0 Å². The molecule has 6 heteroatoms. The molecule has 0 aliphatic heterocycles. The molecule has 0 saturated carbocycles. The molecule has 0 heterocycles. The predicted molar refractivity (Wildman–Crippen MR) is 92.1 cm³/mol. The van der Waals surface area contributed by atoms with Crippen molar-refractivity contribution in [3.8, 4) is 6.07 Å². The Labute approximate surface area is 141 Å². The SMILES string of the molecule is CC(C)(C)c1ccc(NS(=O)(=O)c2ccc(C#N)cc2)c(Cl)c1. The fourth-order valence-corrected chi connectivity index (χ4v) is 3.34. The highest BCUT2D eigenvalue weighted by atomic mass is 35.5. The molecular weight excluding hydrogens is 332 g/mol. The quantitative estimate of drug-likeness (QED) is 0.898. The lowest BCUT2D eigenvalue weighted by atomic mass is 9.87. The van der Waals surface area contributed by atoms with Crippen LogP contribution in [-0.2, 0) is 15.4 Å². The first kappa shape index (κ1) is 17.3. The zero-order chi connectivity index (χ0) is 17.3. The van der Waals surface area contributed by atoms with E-state index in [2.05, 4.69) is 25.5 Å². The predicted octanol–water partition coefficient (Wildman–Crippen LogP) is 4.31. The van der Waals surface area contributed by atoms with Crippen molar-refractivity contribution in [2.45, 2.75) is 31.1 Å². The van der Waals surface area contributed by atoms with E-state index in [4.69, 9.17) is 16.9 Å². The highest BCUT2D eigenvalue weighted by Crippen LogP contribution is 2.31. The van der Waals surface area contributed by atoms with E-state index < -0.39 is 10.0 Å². The summed E-state index contributed by atoms with van der Waals surface area (Å²) < 4.78 is 27.2. The lowest BCUT2D eigenvalue weighted by Gasteiger charge is -2.20. The van der Waals surface area contributed by atoms with Gasteiger partial charge in [-0.2, -0.15) is 5.26 Å². The lowest BCUT2D eigenvalue weighted by molar-refractivity contribution is 0.590. The van der Waals surface area contributed by atoms with E-state index in [0.717, 1.165) is 5.56 Å². The van der Waals surface area contributed by atoms with Crippen LogP contribution >= 0.6 is 11.6 Å². The number of sulfonamides is 1. The van der Waals surface area contributed by atoms with Gasteiger partial charge in [-0.25, -0.2) is 8.42 Å². The van der Waals surface area contributed by atoms with Crippen LogP contribution in [0, 0.1) is 11.3 Å². The van der Waals surface area contributed by atoms with E-state index in [9.17, 15) is 8.42 Å². The maximum atomic E-state index is 12.4. The number of hydrogen-bond donors (Lipinski definition) is 1. The van der Waals surface area contributed by atoms with Crippen molar-refractivity contribution in [2.24, 2.45) is 0 Å². The van der Waals surface area contributed by atoms with Crippen LogP contribution in [-0.4, -0.2) is 8.42 Å². The zero-order valence-corrected chi connectivity index (χ0v) is 14.7. The minimum absolute atomic E-state index is 0.0752. The highest BCUT2D eigenvalue weighted by Gasteiger charge is 2.18. The Hall–Kier alpha value is -2.03. The van der Waals surface area contributed by atoms with Gasteiger partial charge >= 0.3 is 0 Å². The Morgan fingerprint density at radius 2 is 1.70 bits per heavy atom. The first-order valence-corrected chi connectivity index (χ1v) is 8.82. The molecule has 2 aromatic carbocycles. The Balaban J connectivity index is 2.32. The molecule has 2 rings (SSSR count). The van der Waals surface area contributed by atoms with Crippen molar-refractivity contribution >= 4 is 27.3 Å². The molecule has 1 N–H and O–H groups in total.